The molecule has 10 heteroatoms. The molecule has 162 valence electrons. The Morgan fingerprint density at radius 1 is 1.24 bits per heavy atom. The maximum absolute atomic E-state index is 13.3. The maximum atomic E-state index is 13.3. The van der Waals surface area contributed by atoms with Crippen LogP contribution in [0.2, 0.25) is 0 Å². The van der Waals surface area contributed by atoms with Crippen LogP contribution in [0.25, 0.3) is 0 Å². The molecule has 1 amide bonds. The van der Waals surface area contributed by atoms with Gasteiger partial charge < -0.3 is 9.64 Å². The first-order valence-electron chi connectivity index (χ1n) is 9.74. The number of hydrogen-bond acceptors (Lipinski definition) is 6. The van der Waals surface area contributed by atoms with Crippen LogP contribution in [-0.2, 0) is 19.9 Å². The van der Waals surface area contributed by atoms with E-state index in [1.54, 1.807) is 7.05 Å². The molecule has 0 bridgehead atoms. The third-order valence-corrected chi connectivity index (χ3v) is 9.60. The van der Waals surface area contributed by atoms with Crippen LogP contribution in [0.4, 0.5) is 0 Å². The second-order valence-electron chi connectivity index (χ2n) is 7.80. The lowest BCUT2D eigenvalue weighted by atomic mass is 10.1. The fourth-order valence-corrected chi connectivity index (χ4v) is 7.67. The van der Waals surface area contributed by atoms with Crippen molar-refractivity contribution in [1.82, 2.24) is 9.21 Å². The quantitative estimate of drug-likeness (QED) is 0.682. The number of piperidine rings is 1. The van der Waals surface area contributed by atoms with Crippen LogP contribution in [0.1, 0.15) is 43.0 Å². The van der Waals surface area contributed by atoms with E-state index in [0.717, 1.165) is 19.3 Å². The van der Waals surface area contributed by atoms with Gasteiger partial charge in [0.15, 0.2) is 9.84 Å². The highest BCUT2D eigenvalue weighted by Gasteiger charge is 2.36. The number of sulfone groups is 1. The van der Waals surface area contributed by atoms with Gasteiger partial charge in [0.2, 0.25) is 10.0 Å². The Morgan fingerprint density at radius 2 is 1.97 bits per heavy atom. The smallest absolute Gasteiger partial charge is 0.253 e. The predicted octanol–water partition coefficient (Wildman–Crippen LogP) is 1.52. The largest absolute Gasteiger partial charge is 0.495 e. The minimum atomic E-state index is -3.83. The van der Waals surface area contributed by atoms with Gasteiger partial charge in [0.05, 0.1) is 18.6 Å². The van der Waals surface area contributed by atoms with Gasteiger partial charge in [0.1, 0.15) is 10.6 Å². The van der Waals surface area contributed by atoms with Crippen LogP contribution >= 0.6 is 0 Å². The summed E-state index contributed by atoms with van der Waals surface area (Å²) in [6, 6.07) is 3.81. The Morgan fingerprint density at radius 3 is 2.55 bits per heavy atom. The maximum Gasteiger partial charge on any atom is 0.253 e. The zero-order valence-corrected chi connectivity index (χ0v) is 18.6. The number of carbonyl (C=O) groups is 1. The van der Waals surface area contributed by atoms with Gasteiger partial charge in [-0.3, -0.25) is 4.79 Å². The predicted molar refractivity (Wildman–Crippen MR) is 109 cm³/mol. The average Bonchev–Trinajstić information content (AvgIpc) is 3.06. The molecule has 2 aliphatic rings. The van der Waals surface area contributed by atoms with Gasteiger partial charge >= 0.3 is 0 Å². The molecule has 1 aromatic rings. The number of carbonyl (C=O) groups excluding carboxylic acids is 1. The Bertz CT molecular complexity index is 990. The van der Waals surface area contributed by atoms with Gasteiger partial charge in [-0.15, -0.1) is 0 Å². The van der Waals surface area contributed by atoms with E-state index in [-0.39, 0.29) is 33.8 Å². The van der Waals surface area contributed by atoms with Gasteiger partial charge in [0, 0.05) is 31.2 Å². The highest BCUT2D eigenvalue weighted by Crippen LogP contribution is 2.32. The number of hydrogen-bond donors (Lipinski definition) is 0. The first-order valence-corrected chi connectivity index (χ1v) is 13.0. The van der Waals surface area contributed by atoms with E-state index in [4.69, 9.17) is 4.74 Å². The molecule has 0 radical (unpaired) electrons. The SMILES string of the molecule is COc1ccc(C(=O)N(C)[C@H]2CCS(=O)(=O)C2)cc1S(=O)(=O)N1CCCC[C@H]1C. The summed E-state index contributed by atoms with van der Waals surface area (Å²) in [5, 5.41) is 0. The summed E-state index contributed by atoms with van der Waals surface area (Å²) in [4.78, 5) is 14.3. The number of rotatable bonds is 5. The first-order chi connectivity index (χ1) is 13.6. The van der Waals surface area contributed by atoms with E-state index < -0.39 is 31.8 Å². The fourth-order valence-electron chi connectivity index (χ4n) is 4.02. The summed E-state index contributed by atoms with van der Waals surface area (Å²) < 4.78 is 56.8. The minimum Gasteiger partial charge on any atom is -0.495 e. The molecule has 29 heavy (non-hydrogen) atoms. The van der Waals surface area contributed by atoms with Gasteiger partial charge in [-0.05, 0) is 44.4 Å². The second kappa shape index (κ2) is 8.23. The number of nitrogens with zero attached hydrogens (tertiary/aromatic N) is 2. The second-order valence-corrected chi connectivity index (χ2v) is 11.9. The van der Waals surface area contributed by atoms with Gasteiger partial charge in [0.25, 0.3) is 5.91 Å². The molecule has 0 aromatic heterocycles. The van der Waals surface area contributed by atoms with Crippen molar-refractivity contribution in [2.75, 3.05) is 32.2 Å². The molecule has 2 fully saturated rings. The van der Waals surface area contributed by atoms with Crippen LogP contribution < -0.4 is 4.74 Å². The van der Waals surface area contributed by atoms with Crippen molar-refractivity contribution in [1.29, 1.82) is 0 Å². The van der Waals surface area contributed by atoms with E-state index >= 15 is 0 Å². The molecule has 3 rings (SSSR count). The summed E-state index contributed by atoms with van der Waals surface area (Å²) in [6.45, 7) is 2.32. The van der Waals surface area contributed by atoms with Crippen molar-refractivity contribution >= 4 is 25.8 Å². The molecule has 8 nitrogen and oxygen atoms in total. The molecule has 0 aliphatic carbocycles. The first kappa shape index (κ1) is 22.0. The summed E-state index contributed by atoms with van der Waals surface area (Å²) >= 11 is 0. The van der Waals surface area contributed by atoms with Gasteiger partial charge in [-0.1, -0.05) is 6.42 Å². The molecular formula is C19H28N2O6S2. The van der Waals surface area contributed by atoms with Crippen molar-refractivity contribution in [2.45, 2.75) is 49.6 Å². The lowest BCUT2D eigenvalue weighted by Gasteiger charge is -2.32. The summed E-state index contributed by atoms with van der Waals surface area (Å²) in [5.74, 6) is -0.227. The van der Waals surface area contributed by atoms with Crippen LogP contribution in [-0.4, -0.2) is 76.2 Å². The van der Waals surface area contributed by atoms with Gasteiger partial charge in [-0.25, -0.2) is 16.8 Å². The monoisotopic (exact) mass is 444 g/mol. The Labute approximate surface area is 172 Å². The summed E-state index contributed by atoms with van der Waals surface area (Å²) in [6.07, 6.45) is 2.96. The minimum absolute atomic E-state index is 0.0351. The van der Waals surface area contributed by atoms with Crippen molar-refractivity contribution in [3.8, 4) is 5.75 Å². The highest BCUT2D eigenvalue weighted by atomic mass is 32.2. The molecular weight excluding hydrogens is 416 g/mol. The third-order valence-electron chi connectivity index (χ3n) is 5.82. The summed E-state index contributed by atoms with van der Waals surface area (Å²) in [5.41, 5.74) is 0.195. The summed E-state index contributed by atoms with van der Waals surface area (Å²) in [7, 11) is -4.02. The number of amides is 1. The van der Waals surface area contributed by atoms with E-state index in [1.807, 2.05) is 6.92 Å². The number of ether oxygens (including phenoxy) is 1. The van der Waals surface area contributed by atoms with E-state index in [9.17, 15) is 21.6 Å². The molecule has 2 saturated heterocycles. The van der Waals surface area contributed by atoms with Crippen LogP contribution in [0.15, 0.2) is 23.1 Å². The Balaban J connectivity index is 1.93. The number of methoxy groups -OCH3 is 1. The Hall–Kier alpha value is -1.65. The molecule has 0 N–H and O–H groups in total. The normalized spacial score (nSPS) is 24.9. The lowest BCUT2D eigenvalue weighted by Crippen LogP contribution is -2.42. The van der Waals surface area contributed by atoms with Crippen molar-refractivity contribution in [2.24, 2.45) is 0 Å². The van der Waals surface area contributed by atoms with E-state index in [0.29, 0.717) is 13.0 Å². The van der Waals surface area contributed by atoms with Crippen molar-refractivity contribution < 1.29 is 26.4 Å². The average molecular weight is 445 g/mol. The molecule has 0 unspecified atom stereocenters. The molecule has 2 atom stereocenters. The number of benzene rings is 1. The lowest BCUT2D eigenvalue weighted by molar-refractivity contribution is 0.0747. The van der Waals surface area contributed by atoms with Gasteiger partial charge in [-0.2, -0.15) is 4.31 Å². The van der Waals surface area contributed by atoms with E-state index in [2.05, 4.69) is 0 Å². The fraction of sp³-hybridized carbons (Fsp3) is 0.632. The van der Waals surface area contributed by atoms with Crippen molar-refractivity contribution in [3.05, 3.63) is 23.8 Å². The van der Waals surface area contributed by atoms with Crippen LogP contribution in [0.5, 0.6) is 5.75 Å². The van der Waals surface area contributed by atoms with E-state index in [1.165, 1.54) is 34.5 Å². The standard InChI is InChI=1S/C19H28N2O6S2/c1-14-6-4-5-10-21(14)29(25,26)18-12-15(7-8-17(18)27-3)19(22)20(2)16-9-11-28(23,24)13-16/h7-8,12,14,16H,4-6,9-11,13H2,1-3H3/t14-,16+/m1/s1. The molecule has 0 saturated carbocycles. The zero-order chi connectivity index (χ0) is 21.4. The third kappa shape index (κ3) is 4.44. The van der Waals surface area contributed by atoms with Crippen molar-refractivity contribution in [3.63, 3.8) is 0 Å². The molecule has 2 aliphatic heterocycles. The van der Waals surface area contributed by atoms with Crippen LogP contribution in [0, 0.1) is 0 Å². The zero-order valence-electron chi connectivity index (χ0n) is 17.0. The topological polar surface area (TPSA) is 101 Å². The number of sulfonamides is 1. The molecule has 2 heterocycles. The molecule has 1 aromatic carbocycles. The molecule has 0 spiro atoms. The highest BCUT2D eigenvalue weighted by molar-refractivity contribution is 7.91. The van der Waals surface area contributed by atoms with Crippen LogP contribution in [0.3, 0.4) is 0 Å². The Kier molecular flexibility index (Phi) is 6.26.